The highest BCUT2D eigenvalue weighted by molar-refractivity contribution is 9.10. The monoisotopic (exact) mass is 509 g/mol. The average molecular weight is 510 g/mol. The van der Waals surface area contributed by atoms with E-state index in [4.69, 9.17) is 14.2 Å². The Morgan fingerprint density at radius 2 is 1.67 bits per heavy atom. The van der Waals surface area contributed by atoms with Crippen LogP contribution in [0.4, 0.5) is 0 Å². The molecule has 1 aliphatic rings. The maximum Gasteiger partial charge on any atom is 0.254 e. The van der Waals surface area contributed by atoms with E-state index in [9.17, 15) is 4.79 Å². The van der Waals surface area contributed by atoms with Gasteiger partial charge >= 0.3 is 0 Å². The fourth-order valence-electron chi connectivity index (χ4n) is 4.21. The van der Waals surface area contributed by atoms with Gasteiger partial charge in [0.2, 0.25) is 0 Å². The summed E-state index contributed by atoms with van der Waals surface area (Å²) in [5, 5.41) is 0. The molecule has 0 N–H and O–H groups in total. The Bertz CT molecular complexity index is 1110. The number of ether oxygens (including phenoxy) is 3. The molecule has 3 aromatic carbocycles. The molecule has 1 amide bonds. The molecule has 0 saturated heterocycles. The van der Waals surface area contributed by atoms with Crippen LogP contribution in [0.15, 0.2) is 65.1 Å². The number of carbonyl (C=O) groups is 1. The number of benzene rings is 3. The maximum atomic E-state index is 13.5. The van der Waals surface area contributed by atoms with Crippen LogP contribution in [0.2, 0.25) is 0 Å². The van der Waals surface area contributed by atoms with Crippen molar-refractivity contribution in [2.24, 2.45) is 0 Å². The standard InChI is InChI=1S/C27H28BrNO4/c1-4-18-5-11-22(12-6-18)33-17-24-23-16-26(32-3)25(31-2)15-20(23)13-14-29(24)27(30)19-7-9-21(28)10-8-19/h5-12,15-16,24H,4,13-14,17H2,1-3H3. The molecule has 3 aromatic rings. The topological polar surface area (TPSA) is 48.0 Å². The summed E-state index contributed by atoms with van der Waals surface area (Å²) in [6.07, 6.45) is 1.72. The molecule has 172 valence electrons. The molecular weight excluding hydrogens is 482 g/mol. The van der Waals surface area contributed by atoms with E-state index in [1.54, 1.807) is 14.2 Å². The zero-order chi connectivity index (χ0) is 23.4. The first-order valence-electron chi connectivity index (χ1n) is 11.1. The summed E-state index contributed by atoms with van der Waals surface area (Å²) >= 11 is 3.44. The lowest BCUT2D eigenvalue weighted by Crippen LogP contribution is -2.42. The number of rotatable bonds is 7. The van der Waals surface area contributed by atoms with Crippen molar-refractivity contribution in [2.45, 2.75) is 25.8 Å². The first-order chi connectivity index (χ1) is 16.0. The number of aryl methyl sites for hydroxylation is 1. The number of hydrogen-bond acceptors (Lipinski definition) is 4. The third kappa shape index (κ3) is 5.01. The van der Waals surface area contributed by atoms with Crippen LogP contribution in [0.5, 0.6) is 17.2 Å². The van der Waals surface area contributed by atoms with Crippen LogP contribution in [-0.2, 0) is 12.8 Å². The Balaban J connectivity index is 1.68. The van der Waals surface area contributed by atoms with Crippen LogP contribution in [0.1, 0.15) is 40.0 Å². The normalized spacial score (nSPS) is 15.0. The predicted molar refractivity (Wildman–Crippen MR) is 132 cm³/mol. The smallest absolute Gasteiger partial charge is 0.254 e. The van der Waals surface area contributed by atoms with E-state index in [0.717, 1.165) is 34.2 Å². The van der Waals surface area contributed by atoms with Crippen molar-refractivity contribution in [1.82, 2.24) is 4.90 Å². The molecule has 0 spiro atoms. The Kier molecular flexibility index (Phi) is 7.23. The summed E-state index contributed by atoms with van der Waals surface area (Å²) in [6, 6.07) is 19.3. The van der Waals surface area contributed by atoms with Crippen molar-refractivity contribution < 1.29 is 19.0 Å². The fraction of sp³-hybridized carbons (Fsp3) is 0.296. The van der Waals surface area contributed by atoms with Crippen molar-refractivity contribution >= 4 is 21.8 Å². The van der Waals surface area contributed by atoms with Crippen molar-refractivity contribution in [1.29, 1.82) is 0 Å². The first kappa shape index (κ1) is 23.2. The van der Waals surface area contributed by atoms with Gasteiger partial charge in [-0.1, -0.05) is 35.0 Å². The summed E-state index contributed by atoms with van der Waals surface area (Å²) in [7, 11) is 3.26. The van der Waals surface area contributed by atoms with Gasteiger partial charge in [-0.3, -0.25) is 4.79 Å². The predicted octanol–water partition coefficient (Wildman–Crippen LogP) is 5.85. The molecule has 1 unspecified atom stereocenters. The highest BCUT2D eigenvalue weighted by atomic mass is 79.9. The van der Waals surface area contributed by atoms with Crippen molar-refractivity contribution in [3.05, 3.63) is 87.4 Å². The van der Waals surface area contributed by atoms with Gasteiger partial charge in [-0.05, 0) is 78.1 Å². The Hall–Kier alpha value is -2.99. The second-order valence-corrected chi connectivity index (χ2v) is 8.90. The number of methoxy groups -OCH3 is 2. The molecule has 1 atom stereocenters. The number of nitrogens with zero attached hydrogens (tertiary/aromatic N) is 1. The lowest BCUT2D eigenvalue weighted by Gasteiger charge is -2.37. The quantitative estimate of drug-likeness (QED) is 0.400. The van der Waals surface area contributed by atoms with E-state index in [0.29, 0.717) is 30.2 Å². The average Bonchev–Trinajstić information content (AvgIpc) is 2.86. The SMILES string of the molecule is CCc1ccc(OCC2c3cc(OC)c(OC)cc3CCN2C(=O)c2ccc(Br)cc2)cc1. The number of fused-ring (bicyclic) bond motifs is 1. The Morgan fingerprint density at radius 1 is 1.00 bits per heavy atom. The number of halogens is 1. The summed E-state index contributed by atoms with van der Waals surface area (Å²) in [4.78, 5) is 15.4. The van der Waals surface area contributed by atoms with E-state index < -0.39 is 0 Å². The first-order valence-corrected chi connectivity index (χ1v) is 11.9. The molecule has 4 rings (SSSR count). The number of hydrogen-bond donors (Lipinski definition) is 0. The molecule has 0 saturated carbocycles. The van der Waals surface area contributed by atoms with Gasteiger partial charge < -0.3 is 19.1 Å². The summed E-state index contributed by atoms with van der Waals surface area (Å²) in [6.45, 7) is 3.07. The van der Waals surface area contributed by atoms with E-state index in [1.165, 1.54) is 5.56 Å². The highest BCUT2D eigenvalue weighted by Crippen LogP contribution is 2.39. The molecule has 0 aliphatic carbocycles. The summed E-state index contributed by atoms with van der Waals surface area (Å²) in [5.74, 6) is 2.11. The minimum absolute atomic E-state index is 0.0159. The van der Waals surface area contributed by atoms with E-state index in [-0.39, 0.29) is 11.9 Å². The summed E-state index contributed by atoms with van der Waals surface area (Å²) in [5.41, 5.74) is 4.07. The Labute approximate surface area is 203 Å². The van der Waals surface area contributed by atoms with Gasteiger partial charge in [0.05, 0.1) is 20.3 Å². The van der Waals surface area contributed by atoms with Crippen LogP contribution in [0.3, 0.4) is 0 Å². The van der Waals surface area contributed by atoms with Crippen LogP contribution in [-0.4, -0.2) is 38.2 Å². The molecule has 0 aromatic heterocycles. The van der Waals surface area contributed by atoms with Gasteiger partial charge in [0, 0.05) is 16.6 Å². The lowest BCUT2D eigenvalue weighted by atomic mass is 9.91. The van der Waals surface area contributed by atoms with Gasteiger partial charge in [-0.25, -0.2) is 0 Å². The van der Waals surface area contributed by atoms with Crippen LogP contribution in [0, 0.1) is 0 Å². The number of carbonyl (C=O) groups excluding carboxylic acids is 1. The molecule has 5 nitrogen and oxygen atoms in total. The third-order valence-electron chi connectivity index (χ3n) is 6.09. The Morgan fingerprint density at radius 3 is 2.30 bits per heavy atom. The molecule has 1 heterocycles. The molecule has 0 bridgehead atoms. The minimum atomic E-state index is -0.254. The number of amides is 1. The molecule has 1 aliphatic heterocycles. The van der Waals surface area contributed by atoms with Crippen LogP contribution < -0.4 is 14.2 Å². The second-order valence-electron chi connectivity index (χ2n) is 7.99. The van der Waals surface area contributed by atoms with Crippen molar-refractivity contribution in [3.8, 4) is 17.2 Å². The molecular formula is C27H28BrNO4. The zero-order valence-electron chi connectivity index (χ0n) is 19.1. The van der Waals surface area contributed by atoms with Crippen LogP contribution >= 0.6 is 15.9 Å². The molecule has 6 heteroatoms. The van der Waals surface area contributed by atoms with Gasteiger partial charge in [0.25, 0.3) is 5.91 Å². The van der Waals surface area contributed by atoms with E-state index >= 15 is 0 Å². The minimum Gasteiger partial charge on any atom is -0.493 e. The van der Waals surface area contributed by atoms with Gasteiger partial charge in [-0.2, -0.15) is 0 Å². The maximum absolute atomic E-state index is 13.5. The lowest BCUT2D eigenvalue weighted by molar-refractivity contribution is 0.0589. The highest BCUT2D eigenvalue weighted by Gasteiger charge is 2.33. The van der Waals surface area contributed by atoms with Gasteiger partial charge in [0.1, 0.15) is 12.4 Å². The van der Waals surface area contributed by atoms with Crippen LogP contribution in [0.25, 0.3) is 0 Å². The second kappa shape index (κ2) is 10.3. The third-order valence-corrected chi connectivity index (χ3v) is 6.62. The fourth-order valence-corrected chi connectivity index (χ4v) is 4.47. The molecule has 33 heavy (non-hydrogen) atoms. The zero-order valence-corrected chi connectivity index (χ0v) is 20.7. The molecule has 0 fully saturated rings. The van der Waals surface area contributed by atoms with Gasteiger partial charge in [-0.15, -0.1) is 0 Å². The summed E-state index contributed by atoms with van der Waals surface area (Å²) < 4.78 is 18.2. The van der Waals surface area contributed by atoms with Gasteiger partial charge in [0.15, 0.2) is 11.5 Å². The van der Waals surface area contributed by atoms with Crippen molar-refractivity contribution in [3.63, 3.8) is 0 Å². The van der Waals surface area contributed by atoms with E-state index in [2.05, 4.69) is 35.0 Å². The largest absolute Gasteiger partial charge is 0.493 e. The molecule has 0 radical (unpaired) electrons. The van der Waals surface area contributed by atoms with E-state index in [1.807, 2.05) is 53.4 Å². The van der Waals surface area contributed by atoms with Crippen molar-refractivity contribution in [2.75, 3.05) is 27.4 Å².